The van der Waals surface area contributed by atoms with Crippen LogP contribution >= 0.6 is 0 Å². The van der Waals surface area contributed by atoms with Crippen molar-refractivity contribution >= 4 is 17.5 Å². The number of carbonyl (C=O) groups is 2. The molecule has 1 saturated heterocycles. The van der Waals surface area contributed by atoms with Crippen LogP contribution in [-0.4, -0.2) is 36.3 Å². The highest BCUT2D eigenvalue weighted by atomic mass is 16.5. The molecule has 0 bridgehead atoms. The number of furan rings is 1. The molecular weight excluding hydrogens is 406 g/mol. The van der Waals surface area contributed by atoms with Crippen molar-refractivity contribution in [1.82, 2.24) is 10.2 Å². The van der Waals surface area contributed by atoms with E-state index in [4.69, 9.17) is 9.15 Å². The van der Waals surface area contributed by atoms with E-state index < -0.39 is 0 Å². The summed E-state index contributed by atoms with van der Waals surface area (Å²) >= 11 is 0. The molecule has 4 rings (SSSR count). The summed E-state index contributed by atoms with van der Waals surface area (Å²) in [5.74, 6) is 1.95. The number of nitrogens with one attached hydrogen (secondary N) is 2. The Morgan fingerprint density at radius 2 is 1.72 bits per heavy atom. The fourth-order valence-corrected chi connectivity index (χ4v) is 3.75. The number of amides is 2. The van der Waals surface area contributed by atoms with Gasteiger partial charge in [0.2, 0.25) is 11.8 Å². The molecule has 2 amide bonds. The lowest BCUT2D eigenvalue weighted by atomic mass is 9.96. The van der Waals surface area contributed by atoms with Crippen LogP contribution in [0.1, 0.15) is 18.6 Å². The number of carbonyl (C=O) groups excluding carboxylic acids is 2. The van der Waals surface area contributed by atoms with Crippen LogP contribution in [0.25, 0.3) is 0 Å². The summed E-state index contributed by atoms with van der Waals surface area (Å²) in [4.78, 5) is 27.1. The number of benzene rings is 2. The van der Waals surface area contributed by atoms with Gasteiger partial charge in [-0.25, -0.2) is 0 Å². The van der Waals surface area contributed by atoms with Crippen molar-refractivity contribution in [1.29, 1.82) is 0 Å². The molecule has 0 saturated carbocycles. The SMILES string of the molecule is O=C(CN1CCC(C(=O)NCc2ccco2)CC1)Nc1ccccc1Oc1ccccc1. The van der Waals surface area contributed by atoms with Crippen molar-refractivity contribution in [3.63, 3.8) is 0 Å². The van der Waals surface area contributed by atoms with Gasteiger partial charge in [-0.2, -0.15) is 0 Å². The van der Waals surface area contributed by atoms with Gasteiger partial charge in [-0.3, -0.25) is 14.5 Å². The van der Waals surface area contributed by atoms with Crippen molar-refractivity contribution in [2.75, 3.05) is 25.0 Å². The molecule has 7 nitrogen and oxygen atoms in total. The number of likely N-dealkylation sites (tertiary alicyclic amines) is 1. The second kappa shape index (κ2) is 10.6. The summed E-state index contributed by atoms with van der Waals surface area (Å²) in [5, 5.41) is 5.88. The van der Waals surface area contributed by atoms with Gasteiger partial charge >= 0.3 is 0 Å². The van der Waals surface area contributed by atoms with Crippen LogP contribution < -0.4 is 15.4 Å². The Hall–Kier alpha value is -3.58. The lowest BCUT2D eigenvalue weighted by Crippen LogP contribution is -2.43. The summed E-state index contributed by atoms with van der Waals surface area (Å²) in [7, 11) is 0. The first-order valence-corrected chi connectivity index (χ1v) is 10.8. The van der Waals surface area contributed by atoms with E-state index in [0.717, 1.165) is 18.6 Å². The number of anilines is 1. The Labute approximate surface area is 187 Å². The third-order valence-electron chi connectivity index (χ3n) is 5.47. The fourth-order valence-electron chi connectivity index (χ4n) is 3.75. The monoisotopic (exact) mass is 433 g/mol. The van der Waals surface area contributed by atoms with Crippen LogP contribution in [0.15, 0.2) is 77.4 Å². The van der Waals surface area contributed by atoms with E-state index in [1.807, 2.05) is 60.7 Å². The Morgan fingerprint density at radius 3 is 2.47 bits per heavy atom. The first-order valence-electron chi connectivity index (χ1n) is 10.8. The van der Waals surface area contributed by atoms with Crippen LogP contribution in [0, 0.1) is 5.92 Å². The number of hydrogen-bond acceptors (Lipinski definition) is 5. The normalized spacial score (nSPS) is 14.6. The molecule has 3 aromatic rings. The predicted octanol–water partition coefficient (Wildman–Crippen LogP) is 4.04. The molecule has 1 fully saturated rings. The van der Waals surface area contributed by atoms with Crippen LogP contribution in [0.2, 0.25) is 0 Å². The highest BCUT2D eigenvalue weighted by Crippen LogP contribution is 2.29. The maximum atomic E-state index is 12.6. The maximum Gasteiger partial charge on any atom is 0.238 e. The average molecular weight is 434 g/mol. The maximum absolute atomic E-state index is 12.6. The predicted molar refractivity (Wildman–Crippen MR) is 121 cm³/mol. The average Bonchev–Trinajstić information content (AvgIpc) is 3.34. The van der Waals surface area contributed by atoms with Gasteiger partial charge in [0.15, 0.2) is 5.75 Å². The second-order valence-electron chi connectivity index (χ2n) is 7.81. The highest BCUT2D eigenvalue weighted by Gasteiger charge is 2.26. The summed E-state index contributed by atoms with van der Waals surface area (Å²) in [6.07, 6.45) is 3.05. The molecule has 0 aliphatic carbocycles. The van der Waals surface area contributed by atoms with Gasteiger partial charge in [0.1, 0.15) is 11.5 Å². The summed E-state index contributed by atoms with van der Waals surface area (Å²) in [6.45, 7) is 2.09. The zero-order valence-corrected chi connectivity index (χ0v) is 17.8. The van der Waals surface area contributed by atoms with E-state index >= 15 is 0 Å². The van der Waals surface area contributed by atoms with Crippen LogP contribution in [0.4, 0.5) is 5.69 Å². The number of piperidine rings is 1. The Morgan fingerprint density at radius 1 is 0.969 bits per heavy atom. The molecule has 0 spiro atoms. The van der Waals surface area contributed by atoms with Gasteiger partial charge in [-0.15, -0.1) is 0 Å². The third-order valence-corrected chi connectivity index (χ3v) is 5.47. The minimum absolute atomic E-state index is 0.0377. The Bertz CT molecular complexity index is 1010. The van der Waals surface area contributed by atoms with Gasteiger partial charge in [-0.1, -0.05) is 30.3 Å². The van der Waals surface area contributed by atoms with Crippen molar-refractivity contribution < 1.29 is 18.7 Å². The van der Waals surface area contributed by atoms with Crippen molar-refractivity contribution in [3.8, 4) is 11.5 Å². The standard InChI is InChI=1S/C25H27N3O4/c29-24(27-22-10-4-5-11-23(22)32-20-7-2-1-3-8-20)18-28-14-12-19(13-15-28)25(30)26-17-21-9-6-16-31-21/h1-11,16,19H,12-15,17-18H2,(H,26,30)(H,27,29). The molecular formula is C25H27N3O4. The smallest absolute Gasteiger partial charge is 0.238 e. The van der Waals surface area contributed by atoms with E-state index in [1.54, 1.807) is 12.3 Å². The van der Waals surface area contributed by atoms with E-state index in [9.17, 15) is 9.59 Å². The largest absolute Gasteiger partial charge is 0.467 e. The molecule has 1 aromatic heterocycles. The van der Waals surface area contributed by atoms with Crippen molar-refractivity contribution in [2.45, 2.75) is 19.4 Å². The van der Waals surface area contributed by atoms with Gasteiger partial charge in [-0.05, 0) is 62.3 Å². The number of ether oxygens (including phenoxy) is 1. The Kier molecular flexibility index (Phi) is 7.19. The summed E-state index contributed by atoms with van der Waals surface area (Å²) in [6, 6.07) is 20.5. The first kappa shape index (κ1) is 21.6. The minimum atomic E-state index is -0.102. The fraction of sp³-hybridized carbons (Fsp3) is 0.280. The molecule has 1 aliphatic rings. The van der Waals surface area contributed by atoms with Crippen molar-refractivity contribution in [2.24, 2.45) is 5.92 Å². The van der Waals surface area contributed by atoms with E-state index in [-0.39, 0.29) is 24.3 Å². The zero-order valence-electron chi connectivity index (χ0n) is 17.8. The molecule has 2 aromatic carbocycles. The number of para-hydroxylation sites is 3. The molecule has 7 heteroatoms. The van der Waals surface area contributed by atoms with Crippen LogP contribution in [0.3, 0.4) is 0 Å². The van der Waals surface area contributed by atoms with Gasteiger partial charge in [0, 0.05) is 5.92 Å². The zero-order chi connectivity index (χ0) is 22.2. The molecule has 0 unspecified atom stereocenters. The number of nitrogens with zero attached hydrogens (tertiary/aromatic N) is 1. The molecule has 32 heavy (non-hydrogen) atoms. The highest BCUT2D eigenvalue weighted by molar-refractivity contribution is 5.93. The van der Waals surface area contributed by atoms with Crippen LogP contribution in [-0.2, 0) is 16.1 Å². The van der Waals surface area contributed by atoms with Crippen molar-refractivity contribution in [3.05, 3.63) is 78.8 Å². The van der Waals surface area contributed by atoms with Crippen LogP contribution in [0.5, 0.6) is 11.5 Å². The van der Waals surface area contributed by atoms with E-state index in [2.05, 4.69) is 15.5 Å². The molecule has 0 atom stereocenters. The number of hydrogen-bond donors (Lipinski definition) is 2. The first-order chi connectivity index (χ1) is 15.7. The van der Waals surface area contributed by atoms with E-state index in [1.165, 1.54) is 0 Å². The third kappa shape index (κ3) is 5.98. The molecule has 2 N–H and O–H groups in total. The molecule has 166 valence electrons. The summed E-state index contributed by atoms with van der Waals surface area (Å²) in [5.41, 5.74) is 0.633. The quantitative estimate of drug-likeness (QED) is 0.560. The van der Waals surface area contributed by atoms with Gasteiger partial charge < -0.3 is 19.8 Å². The van der Waals surface area contributed by atoms with Gasteiger partial charge in [0.05, 0.1) is 25.0 Å². The lowest BCUT2D eigenvalue weighted by Gasteiger charge is -2.30. The lowest BCUT2D eigenvalue weighted by molar-refractivity contribution is -0.126. The molecule has 1 aliphatic heterocycles. The number of rotatable bonds is 8. The molecule has 0 radical (unpaired) electrons. The minimum Gasteiger partial charge on any atom is -0.467 e. The topological polar surface area (TPSA) is 83.8 Å². The summed E-state index contributed by atoms with van der Waals surface area (Å²) < 4.78 is 11.2. The van der Waals surface area contributed by atoms with Gasteiger partial charge in [0.25, 0.3) is 0 Å². The molecule has 2 heterocycles. The Balaban J connectivity index is 1.24. The second-order valence-corrected chi connectivity index (χ2v) is 7.81. The van der Waals surface area contributed by atoms with E-state index in [0.29, 0.717) is 36.8 Å².